The Hall–Kier alpha value is -0.820. The standard InChI is InChI=1S/C15H25N/c1-4-6-13-7-5-8-14(11-13)15(16)10-9-12(2)3/h5,7-8,11-12,15H,4,6,9-10,16H2,1-3H3. The average Bonchev–Trinajstić information content (AvgIpc) is 2.26. The van der Waals surface area contributed by atoms with E-state index in [9.17, 15) is 0 Å². The summed E-state index contributed by atoms with van der Waals surface area (Å²) in [6.45, 7) is 6.71. The zero-order chi connectivity index (χ0) is 12.0. The van der Waals surface area contributed by atoms with Gasteiger partial charge in [0.1, 0.15) is 0 Å². The first-order valence-corrected chi connectivity index (χ1v) is 6.48. The fourth-order valence-corrected chi connectivity index (χ4v) is 1.95. The third-order valence-electron chi connectivity index (χ3n) is 2.97. The van der Waals surface area contributed by atoms with E-state index in [-0.39, 0.29) is 6.04 Å². The molecule has 1 heteroatoms. The van der Waals surface area contributed by atoms with E-state index < -0.39 is 0 Å². The van der Waals surface area contributed by atoms with Crippen LogP contribution in [0.4, 0.5) is 0 Å². The molecule has 0 fully saturated rings. The molecule has 1 aromatic carbocycles. The first kappa shape index (κ1) is 13.2. The van der Waals surface area contributed by atoms with Crippen LogP contribution < -0.4 is 5.73 Å². The largest absolute Gasteiger partial charge is 0.324 e. The van der Waals surface area contributed by atoms with Crippen molar-refractivity contribution < 1.29 is 0 Å². The summed E-state index contributed by atoms with van der Waals surface area (Å²) in [5, 5.41) is 0. The van der Waals surface area contributed by atoms with Crippen LogP contribution in [-0.2, 0) is 6.42 Å². The van der Waals surface area contributed by atoms with Crippen LogP contribution in [0.1, 0.15) is 57.2 Å². The molecular weight excluding hydrogens is 194 g/mol. The van der Waals surface area contributed by atoms with Crippen LogP contribution in [-0.4, -0.2) is 0 Å². The summed E-state index contributed by atoms with van der Waals surface area (Å²) >= 11 is 0. The smallest absolute Gasteiger partial charge is 0.0295 e. The van der Waals surface area contributed by atoms with Gasteiger partial charge in [-0.2, -0.15) is 0 Å². The third-order valence-corrected chi connectivity index (χ3v) is 2.97. The van der Waals surface area contributed by atoms with Crippen molar-refractivity contribution in [2.45, 2.75) is 52.5 Å². The first-order chi connectivity index (χ1) is 7.63. The summed E-state index contributed by atoms with van der Waals surface area (Å²) in [6.07, 6.45) is 4.65. The second-order valence-corrected chi connectivity index (χ2v) is 5.07. The molecule has 0 saturated heterocycles. The van der Waals surface area contributed by atoms with Gasteiger partial charge >= 0.3 is 0 Å². The van der Waals surface area contributed by atoms with Crippen molar-refractivity contribution in [2.24, 2.45) is 11.7 Å². The van der Waals surface area contributed by atoms with E-state index in [1.165, 1.54) is 24.0 Å². The summed E-state index contributed by atoms with van der Waals surface area (Å²) in [5.74, 6) is 0.741. The molecule has 1 unspecified atom stereocenters. The highest BCUT2D eigenvalue weighted by molar-refractivity contribution is 5.25. The van der Waals surface area contributed by atoms with Crippen LogP contribution in [0.3, 0.4) is 0 Å². The highest BCUT2D eigenvalue weighted by Gasteiger charge is 2.07. The molecule has 1 nitrogen and oxygen atoms in total. The van der Waals surface area contributed by atoms with E-state index in [2.05, 4.69) is 45.0 Å². The molecule has 0 aliphatic carbocycles. The predicted molar refractivity (Wildman–Crippen MR) is 71.4 cm³/mol. The summed E-state index contributed by atoms with van der Waals surface area (Å²) in [6, 6.07) is 8.97. The van der Waals surface area contributed by atoms with Crippen molar-refractivity contribution in [3.8, 4) is 0 Å². The lowest BCUT2D eigenvalue weighted by atomic mass is 9.96. The molecule has 2 N–H and O–H groups in total. The molecule has 16 heavy (non-hydrogen) atoms. The quantitative estimate of drug-likeness (QED) is 0.766. The molecule has 0 aromatic heterocycles. The van der Waals surface area contributed by atoms with E-state index in [1.54, 1.807) is 0 Å². The van der Waals surface area contributed by atoms with Gasteiger partial charge in [-0.25, -0.2) is 0 Å². The third kappa shape index (κ3) is 4.36. The van der Waals surface area contributed by atoms with E-state index >= 15 is 0 Å². The Morgan fingerprint density at radius 2 is 1.94 bits per heavy atom. The molecule has 0 spiro atoms. The summed E-state index contributed by atoms with van der Waals surface area (Å²) < 4.78 is 0. The molecule has 90 valence electrons. The predicted octanol–water partition coefficient (Wildman–Crippen LogP) is 4.08. The maximum Gasteiger partial charge on any atom is 0.0295 e. The van der Waals surface area contributed by atoms with E-state index in [1.807, 2.05) is 0 Å². The Morgan fingerprint density at radius 1 is 1.19 bits per heavy atom. The SMILES string of the molecule is CCCc1cccc(C(N)CCC(C)C)c1. The lowest BCUT2D eigenvalue weighted by Crippen LogP contribution is -2.11. The molecule has 0 aliphatic heterocycles. The van der Waals surface area contributed by atoms with Crippen molar-refractivity contribution in [1.29, 1.82) is 0 Å². The Bertz CT molecular complexity index is 304. The summed E-state index contributed by atoms with van der Waals surface area (Å²) in [4.78, 5) is 0. The number of benzene rings is 1. The van der Waals surface area contributed by atoms with Crippen molar-refractivity contribution >= 4 is 0 Å². The van der Waals surface area contributed by atoms with Gasteiger partial charge in [0.05, 0.1) is 0 Å². The number of nitrogens with two attached hydrogens (primary N) is 1. The number of hydrogen-bond donors (Lipinski definition) is 1. The zero-order valence-corrected chi connectivity index (χ0v) is 10.9. The minimum atomic E-state index is 0.208. The molecule has 1 atom stereocenters. The Balaban J connectivity index is 2.60. The molecule has 0 heterocycles. The number of hydrogen-bond acceptors (Lipinski definition) is 1. The van der Waals surface area contributed by atoms with Crippen LogP contribution >= 0.6 is 0 Å². The molecular formula is C15H25N. The van der Waals surface area contributed by atoms with Gasteiger partial charge in [0, 0.05) is 6.04 Å². The normalized spacial score (nSPS) is 13.1. The lowest BCUT2D eigenvalue weighted by molar-refractivity contribution is 0.507. The van der Waals surface area contributed by atoms with Crippen molar-refractivity contribution in [1.82, 2.24) is 0 Å². The van der Waals surface area contributed by atoms with E-state index in [4.69, 9.17) is 5.73 Å². The molecule has 0 saturated carbocycles. The van der Waals surface area contributed by atoms with E-state index in [0.717, 1.165) is 18.8 Å². The average molecular weight is 219 g/mol. The van der Waals surface area contributed by atoms with Gasteiger partial charge in [0.25, 0.3) is 0 Å². The van der Waals surface area contributed by atoms with Gasteiger partial charge < -0.3 is 5.73 Å². The first-order valence-electron chi connectivity index (χ1n) is 6.48. The highest BCUT2D eigenvalue weighted by atomic mass is 14.6. The van der Waals surface area contributed by atoms with Gasteiger partial charge in [-0.3, -0.25) is 0 Å². The fraction of sp³-hybridized carbons (Fsp3) is 0.600. The highest BCUT2D eigenvalue weighted by Crippen LogP contribution is 2.20. The molecule has 1 rings (SSSR count). The zero-order valence-electron chi connectivity index (χ0n) is 10.9. The minimum Gasteiger partial charge on any atom is -0.324 e. The topological polar surface area (TPSA) is 26.0 Å². The van der Waals surface area contributed by atoms with Crippen molar-refractivity contribution in [3.05, 3.63) is 35.4 Å². The molecule has 0 aliphatic rings. The van der Waals surface area contributed by atoms with Gasteiger partial charge in [0.15, 0.2) is 0 Å². The number of rotatable bonds is 6. The second kappa shape index (κ2) is 6.70. The lowest BCUT2D eigenvalue weighted by Gasteiger charge is -2.14. The van der Waals surface area contributed by atoms with Crippen LogP contribution in [0.2, 0.25) is 0 Å². The van der Waals surface area contributed by atoms with Crippen molar-refractivity contribution in [2.75, 3.05) is 0 Å². The number of aryl methyl sites for hydroxylation is 1. The van der Waals surface area contributed by atoms with Crippen molar-refractivity contribution in [3.63, 3.8) is 0 Å². The monoisotopic (exact) mass is 219 g/mol. The van der Waals surface area contributed by atoms with Crippen LogP contribution in [0, 0.1) is 5.92 Å². The van der Waals surface area contributed by atoms with E-state index in [0.29, 0.717) is 0 Å². The van der Waals surface area contributed by atoms with Gasteiger partial charge in [-0.15, -0.1) is 0 Å². The Kier molecular flexibility index (Phi) is 5.54. The molecule has 1 aromatic rings. The summed E-state index contributed by atoms with van der Waals surface area (Å²) in [5.41, 5.74) is 8.92. The molecule has 0 radical (unpaired) electrons. The van der Waals surface area contributed by atoms with Crippen LogP contribution in [0.25, 0.3) is 0 Å². The second-order valence-electron chi connectivity index (χ2n) is 5.07. The fourth-order valence-electron chi connectivity index (χ4n) is 1.95. The summed E-state index contributed by atoms with van der Waals surface area (Å²) in [7, 11) is 0. The Labute approximate surface area is 100 Å². The minimum absolute atomic E-state index is 0.208. The van der Waals surface area contributed by atoms with Gasteiger partial charge in [0.2, 0.25) is 0 Å². The van der Waals surface area contributed by atoms with Gasteiger partial charge in [-0.1, -0.05) is 51.5 Å². The van der Waals surface area contributed by atoms with Crippen LogP contribution in [0.15, 0.2) is 24.3 Å². The Morgan fingerprint density at radius 3 is 2.56 bits per heavy atom. The maximum atomic E-state index is 6.21. The van der Waals surface area contributed by atoms with Gasteiger partial charge in [-0.05, 0) is 36.3 Å². The molecule has 0 amide bonds. The maximum absolute atomic E-state index is 6.21. The molecule has 0 bridgehead atoms. The van der Waals surface area contributed by atoms with Crippen LogP contribution in [0.5, 0.6) is 0 Å².